The Hall–Kier alpha value is -1.52. The number of benzene rings is 1. The Morgan fingerprint density at radius 1 is 1.39 bits per heavy atom. The molecule has 4 heteroatoms. The van der Waals surface area contributed by atoms with E-state index in [4.69, 9.17) is 9.47 Å². The van der Waals surface area contributed by atoms with Crippen molar-refractivity contribution in [3.8, 4) is 11.5 Å². The van der Waals surface area contributed by atoms with Gasteiger partial charge in [0.1, 0.15) is 12.2 Å². The van der Waals surface area contributed by atoms with Crippen LogP contribution >= 0.6 is 0 Å². The van der Waals surface area contributed by atoms with E-state index < -0.39 is 6.10 Å². The molecule has 1 spiro atoms. The van der Waals surface area contributed by atoms with Gasteiger partial charge in [-0.3, -0.25) is 0 Å². The fourth-order valence-corrected chi connectivity index (χ4v) is 5.50. The van der Waals surface area contributed by atoms with Crippen molar-refractivity contribution in [2.75, 3.05) is 20.2 Å². The topological polar surface area (TPSA) is 41.9 Å². The minimum Gasteiger partial charge on any atom is -0.490 e. The number of nitrogens with zero attached hydrogens (tertiary/aromatic N) is 1. The number of aliphatic hydroxyl groups is 1. The van der Waals surface area contributed by atoms with Gasteiger partial charge in [-0.1, -0.05) is 18.2 Å². The van der Waals surface area contributed by atoms with Crippen LogP contribution in [0.25, 0.3) is 0 Å². The van der Waals surface area contributed by atoms with E-state index in [9.17, 15) is 5.11 Å². The van der Waals surface area contributed by atoms with Gasteiger partial charge in [0.25, 0.3) is 0 Å². The molecule has 2 aliphatic carbocycles. The van der Waals surface area contributed by atoms with Crippen LogP contribution in [0.2, 0.25) is 0 Å². The van der Waals surface area contributed by atoms with Gasteiger partial charge in [0.15, 0.2) is 11.5 Å². The van der Waals surface area contributed by atoms with Crippen LogP contribution in [-0.2, 0) is 11.8 Å². The van der Waals surface area contributed by atoms with Crippen LogP contribution in [-0.4, -0.2) is 48.5 Å². The summed E-state index contributed by atoms with van der Waals surface area (Å²) in [5, 5.41) is 10.6. The summed E-state index contributed by atoms with van der Waals surface area (Å²) >= 11 is 0. The summed E-state index contributed by atoms with van der Waals surface area (Å²) in [6.45, 7) is 3.68. The van der Waals surface area contributed by atoms with Crippen molar-refractivity contribution in [2.45, 2.75) is 43.4 Å². The van der Waals surface area contributed by atoms with Gasteiger partial charge in [-0.05, 0) is 45.0 Å². The van der Waals surface area contributed by atoms with Crippen LogP contribution < -0.4 is 9.47 Å². The van der Waals surface area contributed by atoms with Crippen LogP contribution in [0.3, 0.4) is 0 Å². The molecular weight excluding hydrogens is 293 g/mol. The summed E-state index contributed by atoms with van der Waals surface area (Å²) in [7, 11) is 2.22. The van der Waals surface area contributed by atoms with Crippen molar-refractivity contribution in [1.29, 1.82) is 0 Å². The van der Waals surface area contributed by atoms with Crippen LogP contribution in [0.4, 0.5) is 0 Å². The van der Waals surface area contributed by atoms with Crippen molar-refractivity contribution in [3.63, 3.8) is 0 Å². The first-order chi connectivity index (χ1) is 11.2. The van der Waals surface area contributed by atoms with Crippen LogP contribution in [0.1, 0.15) is 24.5 Å². The quantitative estimate of drug-likeness (QED) is 0.668. The van der Waals surface area contributed by atoms with Crippen LogP contribution in [0, 0.1) is 5.92 Å². The van der Waals surface area contributed by atoms with Gasteiger partial charge in [0, 0.05) is 22.9 Å². The Labute approximate surface area is 136 Å². The maximum Gasteiger partial charge on any atom is 0.165 e. The van der Waals surface area contributed by atoms with E-state index in [2.05, 4.69) is 24.1 Å². The summed E-state index contributed by atoms with van der Waals surface area (Å²) in [4.78, 5) is 2.48. The molecule has 0 amide bonds. The van der Waals surface area contributed by atoms with Crippen molar-refractivity contribution in [2.24, 2.45) is 5.92 Å². The zero-order chi connectivity index (χ0) is 15.8. The molecule has 122 valence electrons. The van der Waals surface area contributed by atoms with E-state index in [1.165, 1.54) is 11.1 Å². The summed E-state index contributed by atoms with van der Waals surface area (Å²) in [5.74, 6) is 2.14. The molecule has 2 aliphatic heterocycles. The number of aliphatic hydroxyl groups excluding tert-OH is 1. The Bertz CT molecular complexity index is 700. The zero-order valence-electron chi connectivity index (χ0n) is 13.7. The summed E-state index contributed by atoms with van der Waals surface area (Å²) < 4.78 is 12.2. The van der Waals surface area contributed by atoms with Gasteiger partial charge >= 0.3 is 0 Å². The first kappa shape index (κ1) is 13.9. The lowest BCUT2D eigenvalue weighted by molar-refractivity contribution is -0.0453. The largest absolute Gasteiger partial charge is 0.490 e. The van der Waals surface area contributed by atoms with Gasteiger partial charge in [-0.15, -0.1) is 0 Å². The van der Waals surface area contributed by atoms with Crippen molar-refractivity contribution in [1.82, 2.24) is 4.90 Å². The maximum atomic E-state index is 10.6. The van der Waals surface area contributed by atoms with E-state index in [0.717, 1.165) is 30.9 Å². The molecule has 23 heavy (non-hydrogen) atoms. The average Bonchev–Trinajstić information content (AvgIpc) is 2.90. The van der Waals surface area contributed by atoms with Crippen molar-refractivity contribution < 1.29 is 14.6 Å². The molecule has 4 nitrogen and oxygen atoms in total. The molecule has 0 radical (unpaired) electrons. The highest BCUT2D eigenvalue weighted by Gasteiger charge is 2.64. The average molecular weight is 316 g/mol. The number of rotatable bonds is 2. The first-order valence-corrected chi connectivity index (χ1v) is 8.69. The SMILES string of the molecule is [13CH3][13CH2]Oc1ccc2c3c1OC1[C@@H](O)C=CC4[C@@H](C2)N([13CH3])CC[C@@]341. The summed E-state index contributed by atoms with van der Waals surface area (Å²) in [6.07, 6.45) is 5.56. The number of likely N-dealkylation sites (N-methyl/N-ethyl adjacent to an activating group) is 1. The number of hydrogen-bond donors (Lipinski definition) is 1. The lowest BCUT2D eigenvalue weighted by Gasteiger charge is -2.56. The van der Waals surface area contributed by atoms with E-state index in [-0.39, 0.29) is 11.5 Å². The van der Waals surface area contributed by atoms with Crippen molar-refractivity contribution in [3.05, 3.63) is 35.4 Å². The fourth-order valence-electron chi connectivity index (χ4n) is 5.50. The molecule has 0 saturated carbocycles. The monoisotopic (exact) mass is 316 g/mol. The molecule has 0 aromatic heterocycles. The predicted molar refractivity (Wildman–Crippen MR) is 87.1 cm³/mol. The molecule has 1 saturated heterocycles. The number of ether oxygens (including phenoxy) is 2. The van der Waals surface area contributed by atoms with Gasteiger partial charge in [-0.25, -0.2) is 0 Å². The molecule has 1 fully saturated rings. The molecule has 5 rings (SSSR count). The molecule has 1 aromatic rings. The van der Waals surface area contributed by atoms with E-state index >= 15 is 0 Å². The third kappa shape index (κ3) is 1.54. The highest BCUT2D eigenvalue weighted by atomic mass is 16.6. The van der Waals surface area contributed by atoms with Crippen LogP contribution in [0.5, 0.6) is 11.5 Å². The standard InChI is InChI=1S/C19H23NO3/c1-3-22-15-7-4-11-10-13-12-5-6-14(21)18-19(12,8-9-20(13)2)16(11)17(15)23-18/h4-7,12-14,18,21H,3,8-10H2,1-2H3/t12?,13-,14+,18?,19+/m1/s1/i1+1,2+1,3+1. The smallest absolute Gasteiger partial charge is 0.165 e. The maximum absolute atomic E-state index is 10.6. The minimum atomic E-state index is -0.539. The third-order valence-electron chi connectivity index (χ3n) is 6.43. The fraction of sp³-hybridized carbons (Fsp3) is 0.579. The second kappa shape index (κ2) is 4.52. The molecule has 1 aromatic carbocycles. The molecular formula is C19H23NO3. The lowest BCUT2D eigenvalue weighted by Crippen LogP contribution is -2.64. The number of likely N-dealkylation sites (tertiary alicyclic amines) is 1. The van der Waals surface area contributed by atoms with Gasteiger partial charge in [0.2, 0.25) is 0 Å². The Morgan fingerprint density at radius 2 is 2.26 bits per heavy atom. The third-order valence-corrected chi connectivity index (χ3v) is 6.43. The number of piperidine rings is 1. The van der Waals surface area contributed by atoms with E-state index in [1.807, 2.05) is 19.1 Å². The van der Waals surface area contributed by atoms with Gasteiger partial charge in [-0.2, -0.15) is 0 Å². The normalized spacial score (nSPS) is 39.8. The number of hydrogen-bond acceptors (Lipinski definition) is 4. The Morgan fingerprint density at radius 3 is 3.09 bits per heavy atom. The summed E-state index contributed by atoms with van der Waals surface area (Å²) in [6, 6.07) is 4.75. The van der Waals surface area contributed by atoms with Gasteiger partial charge < -0.3 is 19.5 Å². The molecule has 1 N–H and O–H groups in total. The second-order valence-corrected chi connectivity index (χ2v) is 7.34. The van der Waals surface area contributed by atoms with E-state index in [0.29, 0.717) is 18.6 Å². The summed E-state index contributed by atoms with van der Waals surface area (Å²) in [5.41, 5.74) is 2.62. The van der Waals surface area contributed by atoms with Gasteiger partial charge in [0.05, 0.1) is 6.61 Å². The minimum absolute atomic E-state index is 0.0820. The molecule has 2 heterocycles. The predicted octanol–water partition coefficient (Wildman–Crippen LogP) is 1.89. The Kier molecular flexibility index (Phi) is 2.73. The molecule has 5 atom stereocenters. The van der Waals surface area contributed by atoms with Crippen LogP contribution in [0.15, 0.2) is 24.3 Å². The highest BCUT2D eigenvalue weighted by Crippen LogP contribution is 2.62. The molecule has 2 unspecified atom stereocenters. The second-order valence-electron chi connectivity index (χ2n) is 7.34. The zero-order valence-corrected chi connectivity index (χ0v) is 13.7. The van der Waals surface area contributed by atoms with Crippen molar-refractivity contribution >= 4 is 0 Å². The Balaban J connectivity index is 1.78. The lowest BCUT2D eigenvalue weighted by atomic mass is 9.53. The molecule has 2 bridgehead atoms. The van der Waals surface area contributed by atoms with E-state index in [1.54, 1.807) is 0 Å². The first-order valence-electron chi connectivity index (χ1n) is 8.69. The molecule has 4 aliphatic rings. The highest BCUT2D eigenvalue weighted by molar-refractivity contribution is 5.62.